The molecule has 3 atom stereocenters. The van der Waals surface area contributed by atoms with E-state index >= 15 is 0 Å². The van der Waals surface area contributed by atoms with Gasteiger partial charge in [-0.25, -0.2) is 0 Å². The number of rotatable bonds is 1. The van der Waals surface area contributed by atoms with Crippen LogP contribution >= 0.6 is 0 Å². The molecule has 1 aromatic rings. The minimum absolute atomic E-state index is 0.578. The van der Waals surface area contributed by atoms with Crippen LogP contribution in [-0.4, -0.2) is 32.8 Å². The number of piperidine rings is 1. The summed E-state index contributed by atoms with van der Waals surface area (Å²) in [6.45, 7) is 7.33. The lowest BCUT2D eigenvalue weighted by Gasteiger charge is -2.30. The third-order valence-electron chi connectivity index (χ3n) is 5.16. The zero-order valence-corrected chi connectivity index (χ0v) is 11.6. The first kappa shape index (κ1) is 11.7. The molecular weight excluding hydrogens is 236 g/mol. The number of hydrogen-bond donors (Lipinski definition) is 1. The van der Waals surface area contributed by atoms with Gasteiger partial charge < -0.3 is 15.0 Å². The summed E-state index contributed by atoms with van der Waals surface area (Å²) in [6, 6.07) is 7.71. The van der Waals surface area contributed by atoms with Crippen LogP contribution < -0.4 is 10.2 Å². The van der Waals surface area contributed by atoms with Crippen molar-refractivity contribution >= 4 is 5.69 Å². The SMILES string of the molecule is C[C@H]1C2CCNC1c1cc(N3CCOCC3)ccc12. The van der Waals surface area contributed by atoms with Gasteiger partial charge in [0.15, 0.2) is 0 Å². The fraction of sp³-hybridized carbons (Fsp3) is 0.625. The third-order valence-corrected chi connectivity index (χ3v) is 5.16. The Hall–Kier alpha value is -1.06. The van der Waals surface area contributed by atoms with Crippen LogP contribution in [-0.2, 0) is 4.74 Å². The normalized spacial score (nSPS) is 33.3. The van der Waals surface area contributed by atoms with Crippen LogP contribution in [0.1, 0.15) is 36.4 Å². The summed E-state index contributed by atoms with van der Waals surface area (Å²) in [4.78, 5) is 2.46. The largest absolute Gasteiger partial charge is 0.378 e. The lowest BCUT2D eigenvalue weighted by Crippen LogP contribution is -2.36. The van der Waals surface area contributed by atoms with Crippen LogP contribution in [0, 0.1) is 5.92 Å². The molecule has 2 aliphatic heterocycles. The molecule has 2 unspecified atom stereocenters. The summed E-state index contributed by atoms with van der Waals surface area (Å²) in [5, 5.41) is 3.70. The van der Waals surface area contributed by atoms with Gasteiger partial charge in [-0.05, 0) is 48.1 Å². The highest BCUT2D eigenvalue weighted by Gasteiger charge is 2.40. The first-order chi connectivity index (χ1) is 9.34. The first-order valence-electron chi connectivity index (χ1n) is 7.54. The number of morpholine rings is 1. The molecule has 1 aromatic carbocycles. The minimum atomic E-state index is 0.578. The number of anilines is 1. The Labute approximate surface area is 114 Å². The molecule has 0 aromatic heterocycles. The van der Waals surface area contributed by atoms with Crippen molar-refractivity contribution in [1.29, 1.82) is 0 Å². The molecule has 3 nitrogen and oxygen atoms in total. The molecule has 1 aliphatic carbocycles. The second-order valence-corrected chi connectivity index (χ2v) is 6.10. The third kappa shape index (κ3) is 1.79. The van der Waals surface area contributed by atoms with Crippen molar-refractivity contribution in [3.05, 3.63) is 29.3 Å². The van der Waals surface area contributed by atoms with E-state index in [9.17, 15) is 0 Å². The Balaban J connectivity index is 1.69. The number of hydrogen-bond acceptors (Lipinski definition) is 3. The highest BCUT2D eigenvalue weighted by Crippen LogP contribution is 2.49. The van der Waals surface area contributed by atoms with Crippen molar-refractivity contribution < 1.29 is 4.74 Å². The summed E-state index contributed by atoms with van der Waals surface area (Å²) < 4.78 is 5.45. The second kappa shape index (κ2) is 4.50. The molecule has 0 saturated carbocycles. The standard InChI is InChI=1S/C16H22N2O/c1-11-13-4-5-17-16(11)15-10-12(2-3-14(13)15)18-6-8-19-9-7-18/h2-3,10-11,13,16-17H,4-9H2,1H3/t11-,13?,16?/m0/s1. The fourth-order valence-electron chi connectivity index (χ4n) is 4.09. The van der Waals surface area contributed by atoms with Gasteiger partial charge in [0.1, 0.15) is 0 Å². The highest BCUT2D eigenvalue weighted by molar-refractivity contribution is 5.55. The molecule has 19 heavy (non-hydrogen) atoms. The predicted molar refractivity (Wildman–Crippen MR) is 76.7 cm³/mol. The van der Waals surface area contributed by atoms with E-state index in [2.05, 4.69) is 35.3 Å². The van der Waals surface area contributed by atoms with Crippen LogP contribution in [0.3, 0.4) is 0 Å². The summed E-state index contributed by atoms with van der Waals surface area (Å²) in [5.74, 6) is 1.53. The van der Waals surface area contributed by atoms with Crippen LogP contribution in [0.4, 0.5) is 5.69 Å². The van der Waals surface area contributed by atoms with Gasteiger partial charge in [0, 0.05) is 24.8 Å². The minimum Gasteiger partial charge on any atom is -0.378 e. The van der Waals surface area contributed by atoms with E-state index in [4.69, 9.17) is 4.74 Å². The molecule has 4 rings (SSSR count). The molecule has 0 radical (unpaired) electrons. The first-order valence-corrected chi connectivity index (χ1v) is 7.54. The number of benzene rings is 1. The predicted octanol–water partition coefficient (Wildman–Crippen LogP) is 2.29. The molecule has 2 bridgehead atoms. The lowest BCUT2D eigenvalue weighted by atomic mass is 9.87. The Morgan fingerprint density at radius 3 is 2.89 bits per heavy atom. The van der Waals surface area contributed by atoms with Gasteiger partial charge in [-0.3, -0.25) is 0 Å². The Kier molecular flexibility index (Phi) is 2.78. The Morgan fingerprint density at radius 1 is 1.21 bits per heavy atom. The van der Waals surface area contributed by atoms with Crippen molar-refractivity contribution in [2.45, 2.75) is 25.3 Å². The molecule has 3 aliphatic rings. The van der Waals surface area contributed by atoms with E-state index in [1.165, 1.54) is 18.7 Å². The molecule has 2 saturated heterocycles. The maximum atomic E-state index is 5.45. The summed E-state index contributed by atoms with van der Waals surface area (Å²) in [6.07, 6.45) is 1.29. The number of nitrogens with zero attached hydrogens (tertiary/aromatic N) is 1. The van der Waals surface area contributed by atoms with Crippen LogP contribution in [0.5, 0.6) is 0 Å². The van der Waals surface area contributed by atoms with Crippen molar-refractivity contribution in [2.75, 3.05) is 37.7 Å². The lowest BCUT2D eigenvalue weighted by molar-refractivity contribution is 0.122. The van der Waals surface area contributed by atoms with Gasteiger partial charge in [-0.2, -0.15) is 0 Å². The number of ether oxygens (including phenoxy) is 1. The average molecular weight is 258 g/mol. The smallest absolute Gasteiger partial charge is 0.0642 e. The van der Waals surface area contributed by atoms with Crippen molar-refractivity contribution in [3.8, 4) is 0 Å². The zero-order chi connectivity index (χ0) is 12.8. The van der Waals surface area contributed by atoms with Gasteiger partial charge in [-0.1, -0.05) is 13.0 Å². The van der Waals surface area contributed by atoms with Crippen molar-refractivity contribution in [2.24, 2.45) is 5.92 Å². The molecule has 2 fully saturated rings. The topological polar surface area (TPSA) is 24.5 Å². The van der Waals surface area contributed by atoms with Crippen molar-refractivity contribution in [3.63, 3.8) is 0 Å². The van der Waals surface area contributed by atoms with Gasteiger partial charge in [-0.15, -0.1) is 0 Å². The molecule has 1 N–H and O–H groups in total. The van der Waals surface area contributed by atoms with E-state index in [0.29, 0.717) is 6.04 Å². The number of fused-ring (bicyclic) bond motifs is 5. The van der Waals surface area contributed by atoms with E-state index in [1.54, 1.807) is 11.1 Å². The molecule has 3 heteroatoms. The Morgan fingerprint density at radius 2 is 2.05 bits per heavy atom. The van der Waals surface area contributed by atoms with Gasteiger partial charge in [0.2, 0.25) is 0 Å². The van der Waals surface area contributed by atoms with Crippen molar-refractivity contribution in [1.82, 2.24) is 5.32 Å². The fourth-order valence-corrected chi connectivity index (χ4v) is 4.09. The Bertz CT molecular complexity index is 482. The van der Waals surface area contributed by atoms with Gasteiger partial charge in [0.25, 0.3) is 0 Å². The van der Waals surface area contributed by atoms with Gasteiger partial charge >= 0.3 is 0 Å². The second-order valence-electron chi connectivity index (χ2n) is 6.10. The quantitative estimate of drug-likeness (QED) is 0.836. The highest BCUT2D eigenvalue weighted by atomic mass is 16.5. The molecule has 0 amide bonds. The molecule has 102 valence electrons. The van der Waals surface area contributed by atoms with Gasteiger partial charge in [0.05, 0.1) is 13.2 Å². The molecule has 0 spiro atoms. The average Bonchev–Trinajstić information content (AvgIpc) is 2.63. The molecular formula is C16H22N2O. The monoisotopic (exact) mass is 258 g/mol. The van der Waals surface area contributed by atoms with Crippen LogP contribution in [0.25, 0.3) is 0 Å². The number of nitrogens with one attached hydrogen (secondary N) is 1. The van der Waals surface area contributed by atoms with Crippen LogP contribution in [0.2, 0.25) is 0 Å². The van der Waals surface area contributed by atoms with E-state index < -0.39 is 0 Å². The zero-order valence-electron chi connectivity index (χ0n) is 11.6. The summed E-state index contributed by atoms with van der Waals surface area (Å²) in [7, 11) is 0. The summed E-state index contributed by atoms with van der Waals surface area (Å²) >= 11 is 0. The molecule has 2 heterocycles. The maximum Gasteiger partial charge on any atom is 0.0642 e. The van der Waals surface area contributed by atoms with E-state index in [-0.39, 0.29) is 0 Å². The van der Waals surface area contributed by atoms with Crippen LogP contribution in [0.15, 0.2) is 18.2 Å². The van der Waals surface area contributed by atoms with E-state index in [1.807, 2.05) is 0 Å². The maximum absolute atomic E-state index is 5.45. The van der Waals surface area contributed by atoms with E-state index in [0.717, 1.165) is 38.1 Å². The summed E-state index contributed by atoms with van der Waals surface area (Å²) in [5.41, 5.74) is 4.53.